The van der Waals surface area contributed by atoms with Crippen LogP contribution in [0.1, 0.15) is 21.6 Å². The zero-order valence-electron chi connectivity index (χ0n) is 10.9. The summed E-state index contributed by atoms with van der Waals surface area (Å²) < 4.78 is 5.10. The summed E-state index contributed by atoms with van der Waals surface area (Å²) in [5.74, 6) is 0. The van der Waals surface area contributed by atoms with E-state index in [1.54, 1.807) is 7.11 Å². The minimum Gasteiger partial charge on any atom is -0.380 e. The number of benzene rings is 1. The number of aryl methyl sites for hydroxylation is 1. The van der Waals surface area contributed by atoms with Gasteiger partial charge in [-0.25, -0.2) is 0 Å². The van der Waals surface area contributed by atoms with E-state index >= 15 is 0 Å². The molecule has 0 aliphatic rings. The Bertz CT molecular complexity index is 475. The molecule has 0 saturated heterocycles. The van der Waals surface area contributed by atoms with Crippen LogP contribution in [0.4, 0.5) is 0 Å². The molecule has 0 aliphatic carbocycles. The van der Waals surface area contributed by atoms with Crippen molar-refractivity contribution in [2.75, 3.05) is 7.11 Å². The van der Waals surface area contributed by atoms with Crippen molar-refractivity contribution in [1.29, 1.82) is 0 Å². The maximum absolute atomic E-state index is 5.10. The standard InChI is InChI=1S/C15H19NOS/c1-12-7-8-18-15(12)10-16-9-13-3-5-14(6-4-13)11-17-2/h3-8,16H,9-11H2,1-2H3. The van der Waals surface area contributed by atoms with Crippen LogP contribution in [-0.2, 0) is 24.4 Å². The van der Waals surface area contributed by atoms with Crippen LogP contribution in [0.25, 0.3) is 0 Å². The van der Waals surface area contributed by atoms with Gasteiger partial charge in [-0.1, -0.05) is 24.3 Å². The molecule has 0 atom stereocenters. The van der Waals surface area contributed by atoms with Crippen molar-refractivity contribution in [2.24, 2.45) is 0 Å². The highest BCUT2D eigenvalue weighted by Crippen LogP contribution is 2.15. The minimum atomic E-state index is 0.683. The number of thiophene rings is 1. The molecule has 18 heavy (non-hydrogen) atoms. The highest BCUT2D eigenvalue weighted by molar-refractivity contribution is 7.10. The van der Waals surface area contributed by atoms with Gasteiger partial charge in [0, 0.05) is 25.1 Å². The third kappa shape index (κ3) is 3.67. The van der Waals surface area contributed by atoms with Crippen LogP contribution >= 0.6 is 11.3 Å². The molecule has 2 aromatic rings. The van der Waals surface area contributed by atoms with E-state index in [1.165, 1.54) is 21.6 Å². The fourth-order valence-corrected chi connectivity index (χ4v) is 2.70. The molecule has 96 valence electrons. The average molecular weight is 261 g/mol. The van der Waals surface area contributed by atoms with Crippen LogP contribution in [0.2, 0.25) is 0 Å². The van der Waals surface area contributed by atoms with Gasteiger partial charge in [-0.15, -0.1) is 11.3 Å². The van der Waals surface area contributed by atoms with Crippen LogP contribution in [0.15, 0.2) is 35.7 Å². The van der Waals surface area contributed by atoms with E-state index in [4.69, 9.17) is 4.74 Å². The first-order valence-electron chi connectivity index (χ1n) is 6.10. The molecule has 3 heteroatoms. The Morgan fingerprint density at radius 3 is 2.39 bits per heavy atom. The van der Waals surface area contributed by atoms with Gasteiger partial charge >= 0.3 is 0 Å². The monoisotopic (exact) mass is 261 g/mol. The number of hydrogen-bond donors (Lipinski definition) is 1. The molecule has 0 unspecified atom stereocenters. The van der Waals surface area contributed by atoms with Crippen LogP contribution in [-0.4, -0.2) is 7.11 Å². The zero-order valence-corrected chi connectivity index (χ0v) is 11.7. The number of methoxy groups -OCH3 is 1. The highest BCUT2D eigenvalue weighted by atomic mass is 32.1. The van der Waals surface area contributed by atoms with E-state index in [2.05, 4.69) is 48.0 Å². The van der Waals surface area contributed by atoms with Crippen molar-refractivity contribution in [3.8, 4) is 0 Å². The Balaban J connectivity index is 1.81. The Hall–Kier alpha value is -1.16. The first kappa shape index (κ1) is 13.3. The quantitative estimate of drug-likeness (QED) is 0.859. The van der Waals surface area contributed by atoms with Gasteiger partial charge in [0.2, 0.25) is 0 Å². The fraction of sp³-hybridized carbons (Fsp3) is 0.333. The first-order chi connectivity index (χ1) is 8.79. The lowest BCUT2D eigenvalue weighted by Gasteiger charge is -2.06. The third-order valence-corrected chi connectivity index (χ3v) is 3.94. The molecule has 1 aromatic carbocycles. The number of ether oxygens (including phenoxy) is 1. The van der Waals surface area contributed by atoms with E-state index in [1.807, 2.05) is 11.3 Å². The molecule has 0 amide bonds. The molecule has 2 nitrogen and oxygen atoms in total. The normalized spacial score (nSPS) is 10.8. The molecule has 0 bridgehead atoms. The van der Waals surface area contributed by atoms with E-state index in [0.29, 0.717) is 6.61 Å². The van der Waals surface area contributed by atoms with Crippen LogP contribution in [0.3, 0.4) is 0 Å². The summed E-state index contributed by atoms with van der Waals surface area (Å²) in [4.78, 5) is 1.42. The van der Waals surface area contributed by atoms with E-state index < -0.39 is 0 Å². The second-order valence-corrected chi connectivity index (χ2v) is 5.38. The molecule has 0 saturated carbocycles. The van der Waals surface area contributed by atoms with Gasteiger partial charge in [-0.3, -0.25) is 0 Å². The predicted octanol–water partition coefficient (Wildman–Crippen LogP) is 3.49. The Labute approximate surface area is 113 Å². The van der Waals surface area contributed by atoms with Crippen LogP contribution < -0.4 is 5.32 Å². The number of hydrogen-bond acceptors (Lipinski definition) is 3. The van der Waals surface area contributed by atoms with Crippen molar-refractivity contribution < 1.29 is 4.74 Å². The van der Waals surface area contributed by atoms with Crippen molar-refractivity contribution in [3.63, 3.8) is 0 Å². The number of nitrogens with one attached hydrogen (secondary N) is 1. The molecule has 0 spiro atoms. The highest BCUT2D eigenvalue weighted by Gasteiger charge is 1.99. The van der Waals surface area contributed by atoms with Gasteiger partial charge in [0.15, 0.2) is 0 Å². The van der Waals surface area contributed by atoms with Crippen molar-refractivity contribution in [2.45, 2.75) is 26.6 Å². The Morgan fingerprint density at radius 1 is 1.06 bits per heavy atom. The molecule has 1 heterocycles. The summed E-state index contributed by atoms with van der Waals surface area (Å²) in [6.07, 6.45) is 0. The molecule has 1 aromatic heterocycles. The first-order valence-corrected chi connectivity index (χ1v) is 6.98. The van der Waals surface area contributed by atoms with Crippen molar-refractivity contribution in [3.05, 3.63) is 57.3 Å². The second-order valence-electron chi connectivity index (χ2n) is 4.38. The summed E-state index contributed by atoms with van der Waals surface area (Å²) >= 11 is 1.81. The van der Waals surface area contributed by atoms with Gasteiger partial charge in [0.25, 0.3) is 0 Å². The molecule has 0 radical (unpaired) electrons. The van der Waals surface area contributed by atoms with Crippen molar-refractivity contribution in [1.82, 2.24) is 5.32 Å². The van der Waals surface area contributed by atoms with E-state index in [-0.39, 0.29) is 0 Å². The second kappa shape index (κ2) is 6.69. The lowest BCUT2D eigenvalue weighted by molar-refractivity contribution is 0.185. The lowest BCUT2D eigenvalue weighted by atomic mass is 10.1. The van der Waals surface area contributed by atoms with Gasteiger partial charge in [0.1, 0.15) is 0 Å². The van der Waals surface area contributed by atoms with Gasteiger partial charge < -0.3 is 10.1 Å². The average Bonchev–Trinajstić information content (AvgIpc) is 2.78. The van der Waals surface area contributed by atoms with Gasteiger partial charge in [-0.05, 0) is 35.1 Å². The number of rotatable bonds is 6. The SMILES string of the molecule is COCc1ccc(CNCc2sccc2C)cc1. The molecule has 0 fully saturated rings. The molecule has 1 N–H and O–H groups in total. The summed E-state index contributed by atoms with van der Waals surface area (Å²) in [6.45, 7) is 4.70. The summed E-state index contributed by atoms with van der Waals surface area (Å²) in [6, 6.07) is 10.7. The Morgan fingerprint density at radius 2 is 1.78 bits per heavy atom. The molecular weight excluding hydrogens is 242 g/mol. The smallest absolute Gasteiger partial charge is 0.0713 e. The summed E-state index contributed by atoms with van der Waals surface area (Å²) in [7, 11) is 1.72. The van der Waals surface area contributed by atoms with Gasteiger partial charge in [-0.2, -0.15) is 0 Å². The lowest BCUT2D eigenvalue weighted by Crippen LogP contribution is -2.12. The van der Waals surface area contributed by atoms with E-state index in [0.717, 1.165) is 13.1 Å². The predicted molar refractivity (Wildman–Crippen MR) is 76.8 cm³/mol. The Kier molecular flexibility index (Phi) is 4.93. The maximum atomic E-state index is 5.10. The summed E-state index contributed by atoms with van der Waals surface area (Å²) in [5, 5.41) is 5.62. The summed E-state index contributed by atoms with van der Waals surface area (Å²) in [5.41, 5.74) is 3.90. The third-order valence-electron chi connectivity index (χ3n) is 2.92. The van der Waals surface area contributed by atoms with Crippen LogP contribution in [0.5, 0.6) is 0 Å². The zero-order chi connectivity index (χ0) is 12.8. The topological polar surface area (TPSA) is 21.3 Å². The van der Waals surface area contributed by atoms with Crippen molar-refractivity contribution >= 4 is 11.3 Å². The molecule has 2 rings (SSSR count). The molecule has 0 aliphatic heterocycles. The minimum absolute atomic E-state index is 0.683. The maximum Gasteiger partial charge on any atom is 0.0713 e. The molecular formula is C15H19NOS. The fourth-order valence-electron chi connectivity index (χ4n) is 1.83. The van der Waals surface area contributed by atoms with Crippen LogP contribution in [0, 0.1) is 6.92 Å². The largest absolute Gasteiger partial charge is 0.380 e. The van der Waals surface area contributed by atoms with Gasteiger partial charge in [0.05, 0.1) is 6.61 Å². The van der Waals surface area contributed by atoms with E-state index in [9.17, 15) is 0 Å².